The van der Waals surface area contributed by atoms with Gasteiger partial charge in [-0.05, 0) is 18.4 Å². The number of methoxy groups -OCH3 is 1. The van der Waals surface area contributed by atoms with Gasteiger partial charge in [0.1, 0.15) is 0 Å². The van der Waals surface area contributed by atoms with Crippen LogP contribution in [0.2, 0.25) is 0 Å². The van der Waals surface area contributed by atoms with Crippen molar-refractivity contribution in [2.75, 3.05) is 20.3 Å². The fourth-order valence-corrected chi connectivity index (χ4v) is 1.10. The summed E-state index contributed by atoms with van der Waals surface area (Å²) in [7, 11) is 1.62. The monoisotopic (exact) mass is 198 g/mol. The summed E-state index contributed by atoms with van der Waals surface area (Å²) in [5.74, 6) is -0.915. The lowest BCUT2D eigenvalue weighted by atomic mass is 10.2. The highest BCUT2D eigenvalue weighted by atomic mass is 16.5. The first-order chi connectivity index (χ1) is 6.74. The molecule has 3 N–H and O–H groups in total. The van der Waals surface area contributed by atoms with Gasteiger partial charge in [-0.3, -0.25) is 5.32 Å². The molecular weight excluding hydrogens is 184 g/mol. The molecule has 0 spiro atoms. The van der Waals surface area contributed by atoms with Gasteiger partial charge < -0.3 is 15.2 Å². The summed E-state index contributed by atoms with van der Waals surface area (Å²) in [5.41, 5.74) is 0.290. The molecule has 0 saturated carbocycles. The highest BCUT2D eigenvalue weighted by molar-refractivity contribution is 5.90. The van der Waals surface area contributed by atoms with E-state index >= 15 is 0 Å². The van der Waals surface area contributed by atoms with Crippen LogP contribution >= 0.6 is 0 Å². The predicted molar refractivity (Wildman–Crippen MR) is 51.7 cm³/mol. The van der Waals surface area contributed by atoms with E-state index in [1.54, 1.807) is 19.4 Å². The molecule has 5 nitrogen and oxygen atoms in total. The van der Waals surface area contributed by atoms with E-state index in [-0.39, 0.29) is 6.17 Å². The minimum Gasteiger partial charge on any atom is -0.478 e. The molecule has 0 aromatic heterocycles. The van der Waals surface area contributed by atoms with Gasteiger partial charge >= 0.3 is 5.97 Å². The van der Waals surface area contributed by atoms with Crippen LogP contribution in [0.25, 0.3) is 0 Å². The molecule has 0 aliphatic carbocycles. The van der Waals surface area contributed by atoms with Crippen molar-refractivity contribution in [3.8, 4) is 0 Å². The SMILES string of the molecule is COCCNC1C=C(C(=O)O)C=CN1. The Morgan fingerprint density at radius 3 is 3.21 bits per heavy atom. The van der Waals surface area contributed by atoms with Gasteiger partial charge in [-0.25, -0.2) is 4.79 Å². The number of hydrogen-bond donors (Lipinski definition) is 3. The summed E-state index contributed by atoms with van der Waals surface area (Å²) in [6.45, 7) is 1.27. The van der Waals surface area contributed by atoms with E-state index < -0.39 is 5.97 Å². The van der Waals surface area contributed by atoms with Crippen molar-refractivity contribution in [1.82, 2.24) is 10.6 Å². The maximum absolute atomic E-state index is 10.6. The zero-order chi connectivity index (χ0) is 10.4. The normalized spacial score (nSPS) is 20.1. The van der Waals surface area contributed by atoms with E-state index in [1.165, 1.54) is 6.08 Å². The summed E-state index contributed by atoms with van der Waals surface area (Å²) < 4.78 is 4.86. The molecule has 1 unspecified atom stereocenters. The fraction of sp³-hybridized carbons (Fsp3) is 0.444. The average molecular weight is 198 g/mol. The molecule has 0 fully saturated rings. The molecule has 5 heteroatoms. The van der Waals surface area contributed by atoms with Gasteiger partial charge in [0, 0.05) is 13.7 Å². The molecule has 0 bridgehead atoms. The Bertz CT molecular complexity index is 261. The molecule has 1 heterocycles. The standard InChI is InChI=1S/C9H14N2O3/c1-14-5-4-11-8-6-7(9(12)13)2-3-10-8/h2-3,6,8,10-11H,4-5H2,1H3,(H,12,13). The van der Waals surface area contributed by atoms with Crippen LogP contribution in [0.3, 0.4) is 0 Å². The van der Waals surface area contributed by atoms with Crippen molar-refractivity contribution in [2.45, 2.75) is 6.17 Å². The minimum atomic E-state index is -0.915. The fourth-order valence-electron chi connectivity index (χ4n) is 1.10. The van der Waals surface area contributed by atoms with Crippen molar-refractivity contribution in [3.63, 3.8) is 0 Å². The van der Waals surface area contributed by atoms with Gasteiger partial charge in [-0.1, -0.05) is 0 Å². The van der Waals surface area contributed by atoms with Crippen LogP contribution in [0, 0.1) is 0 Å². The van der Waals surface area contributed by atoms with Crippen molar-refractivity contribution >= 4 is 5.97 Å². The number of carboxylic acids is 1. The van der Waals surface area contributed by atoms with E-state index in [0.29, 0.717) is 18.7 Å². The van der Waals surface area contributed by atoms with Gasteiger partial charge in [-0.2, -0.15) is 0 Å². The minimum absolute atomic E-state index is 0.138. The molecule has 1 atom stereocenters. The zero-order valence-electron chi connectivity index (χ0n) is 7.99. The lowest BCUT2D eigenvalue weighted by Gasteiger charge is -2.18. The number of dihydropyridines is 1. The maximum atomic E-state index is 10.6. The molecule has 1 aliphatic rings. The van der Waals surface area contributed by atoms with Crippen LogP contribution in [0.1, 0.15) is 0 Å². The topological polar surface area (TPSA) is 70.6 Å². The Kier molecular flexibility index (Phi) is 4.15. The van der Waals surface area contributed by atoms with Gasteiger partial charge in [0.25, 0.3) is 0 Å². The number of ether oxygens (including phenoxy) is 1. The predicted octanol–water partition coefficient (Wildman–Crippen LogP) is -0.324. The lowest BCUT2D eigenvalue weighted by Crippen LogP contribution is -2.41. The zero-order valence-corrected chi connectivity index (χ0v) is 7.99. The second-order valence-corrected chi connectivity index (χ2v) is 2.85. The van der Waals surface area contributed by atoms with E-state index in [9.17, 15) is 4.79 Å². The van der Waals surface area contributed by atoms with Crippen LogP contribution < -0.4 is 10.6 Å². The summed E-state index contributed by atoms with van der Waals surface area (Å²) in [6, 6.07) is 0. The number of rotatable bonds is 5. The van der Waals surface area contributed by atoms with Gasteiger partial charge in [0.15, 0.2) is 0 Å². The second-order valence-electron chi connectivity index (χ2n) is 2.85. The van der Waals surface area contributed by atoms with Crippen LogP contribution in [0.15, 0.2) is 23.9 Å². The number of aliphatic carboxylic acids is 1. The van der Waals surface area contributed by atoms with Crippen molar-refractivity contribution < 1.29 is 14.6 Å². The van der Waals surface area contributed by atoms with Crippen molar-refractivity contribution in [2.24, 2.45) is 0 Å². The number of carboxylic acid groups (broad SMARTS) is 1. The van der Waals surface area contributed by atoms with E-state index in [2.05, 4.69) is 10.6 Å². The molecular formula is C9H14N2O3. The third kappa shape index (κ3) is 3.20. The van der Waals surface area contributed by atoms with Crippen LogP contribution in [0.4, 0.5) is 0 Å². The Labute approximate surface area is 82.4 Å². The first kappa shape index (κ1) is 10.7. The first-order valence-electron chi connectivity index (χ1n) is 4.34. The third-order valence-electron chi connectivity index (χ3n) is 1.80. The molecule has 1 rings (SSSR count). The Hall–Kier alpha value is -1.33. The van der Waals surface area contributed by atoms with Crippen molar-refractivity contribution in [3.05, 3.63) is 23.9 Å². The largest absolute Gasteiger partial charge is 0.478 e. The number of nitrogens with one attached hydrogen (secondary N) is 2. The number of hydrogen-bond acceptors (Lipinski definition) is 4. The average Bonchev–Trinajstić information content (AvgIpc) is 2.19. The maximum Gasteiger partial charge on any atom is 0.335 e. The highest BCUT2D eigenvalue weighted by Gasteiger charge is 2.11. The van der Waals surface area contributed by atoms with Crippen LogP contribution in [-0.2, 0) is 9.53 Å². The molecule has 0 aromatic carbocycles. The molecule has 0 saturated heterocycles. The Morgan fingerprint density at radius 1 is 1.79 bits per heavy atom. The number of carbonyl (C=O) groups is 1. The molecule has 14 heavy (non-hydrogen) atoms. The summed E-state index contributed by atoms with van der Waals surface area (Å²) in [5, 5.41) is 14.8. The highest BCUT2D eigenvalue weighted by Crippen LogP contribution is 2.03. The first-order valence-corrected chi connectivity index (χ1v) is 4.34. The molecule has 0 amide bonds. The third-order valence-corrected chi connectivity index (χ3v) is 1.80. The Morgan fingerprint density at radius 2 is 2.57 bits per heavy atom. The van der Waals surface area contributed by atoms with Crippen molar-refractivity contribution in [1.29, 1.82) is 0 Å². The van der Waals surface area contributed by atoms with Gasteiger partial charge in [-0.15, -0.1) is 0 Å². The van der Waals surface area contributed by atoms with E-state index in [0.717, 1.165) is 0 Å². The molecule has 0 radical (unpaired) electrons. The van der Waals surface area contributed by atoms with Crippen LogP contribution in [0.5, 0.6) is 0 Å². The van der Waals surface area contributed by atoms with Gasteiger partial charge in [0.2, 0.25) is 0 Å². The lowest BCUT2D eigenvalue weighted by molar-refractivity contribution is -0.132. The molecule has 1 aliphatic heterocycles. The summed E-state index contributed by atoms with van der Waals surface area (Å²) >= 11 is 0. The molecule has 0 aromatic rings. The second kappa shape index (κ2) is 5.41. The van der Waals surface area contributed by atoms with E-state index in [4.69, 9.17) is 9.84 Å². The Balaban J connectivity index is 2.41. The van der Waals surface area contributed by atoms with E-state index in [1.807, 2.05) is 0 Å². The van der Waals surface area contributed by atoms with Gasteiger partial charge in [0.05, 0.1) is 18.3 Å². The summed E-state index contributed by atoms with van der Waals surface area (Å²) in [6.07, 6.45) is 4.63. The summed E-state index contributed by atoms with van der Waals surface area (Å²) in [4.78, 5) is 10.6. The van der Waals surface area contributed by atoms with Crippen LogP contribution in [-0.4, -0.2) is 37.5 Å². The quantitative estimate of drug-likeness (QED) is 0.528. The molecule has 78 valence electrons. The smallest absolute Gasteiger partial charge is 0.335 e.